The first-order chi connectivity index (χ1) is 14.0. The Morgan fingerprint density at radius 3 is 2.28 bits per heavy atom. The predicted octanol–water partition coefficient (Wildman–Crippen LogP) is 4.27. The van der Waals surface area contributed by atoms with Crippen molar-refractivity contribution in [2.45, 2.75) is 13.5 Å². The van der Waals surface area contributed by atoms with Gasteiger partial charge in [0.15, 0.2) is 0 Å². The molecule has 29 heavy (non-hydrogen) atoms. The molecule has 5 nitrogen and oxygen atoms in total. The number of para-hydroxylation sites is 1. The van der Waals surface area contributed by atoms with E-state index in [1.54, 1.807) is 4.90 Å². The lowest BCUT2D eigenvalue weighted by atomic mass is 10.1. The molecular formula is C22H19F2N3O2. The van der Waals surface area contributed by atoms with Crippen LogP contribution in [-0.4, -0.2) is 28.2 Å². The molecule has 0 bridgehead atoms. The highest BCUT2D eigenvalue weighted by atomic mass is 19.1. The number of nitrogens with one attached hydrogen (secondary N) is 1. The lowest BCUT2D eigenvalue weighted by Crippen LogP contribution is -2.30. The highest BCUT2D eigenvalue weighted by molar-refractivity contribution is 6.06. The van der Waals surface area contributed by atoms with Crippen molar-refractivity contribution >= 4 is 17.5 Å². The zero-order chi connectivity index (χ0) is 20.8. The summed E-state index contributed by atoms with van der Waals surface area (Å²) in [6.45, 7) is 2.73. The zero-order valence-corrected chi connectivity index (χ0v) is 15.7. The fourth-order valence-electron chi connectivity index (χ4n) is 2.80. The molecule has 0 saturated heterocycles. The van der Waals surface area contributed by atoms with Crippen LogP contribution in [0, 0.1) is 11.6 Å². The molecule has 1 heterocycles. The van der Waals surface area contributed by atoms with E-state index in [1.807, 2.05) is 37.3 Å². The molecule has 2 aromatic carbocycles. The SMILES string of the molecule is CCN(Cc1ccccc1)C(=O)c1cncc(C(=O)Nc2c(F)cccc2F)c1. The van der Waals surface area contributed by atoms with Crippen molar-refractivity contribution in [1.82, 2.24) is 9.88 Å². The van der Waals surface area contributed by atoms with Crippen LogP contribution in [0.2, 0.25) is 0 Å². The van der Waals surface area contributed by atoms with E-state index in [2.05, 4.69) is 10.3 Å². The number of anilines is 1. The van der Waals surface area contributed by atoms with Gasteiger partial charge >= 0.3 is 0 Å². The summed E-state index contributed by atoms with van der Waals surface area (Å²) in [4.78, 5) is 30.8. The van der Waals surface area contributed by atoms with Gasteiger partial charge in [-0.25, -0.2) is 8.78 Å². The standard InChI is InChI=1S/C22H19F2N3O2/c1-2-27(14-15-7-4-3-5-8-15)22(29)17-11-16(12-25-13-17)21(28)26-20-18(23)9-6-10-19(20)24/h3-13H,2,14H2,1H3,(H,26,28). The molecule has 0 aliphatic rings. The Labute approximate surface area is 167 Å². The summed E-state index contributed by atoms with van der Waals surface area (Å²) in [7, 11) is 0. The second-order valence-corrected chi connectivity index (χ2v) is 6.32. The van der Waals surface area contributed by atoms with Crippen molar-refractivity contribution in [2.75, 3.05) is 11.9 Å². The average Bonchev–Trinajstić information content (AvgIpc) is 2.75. The van der Waals surface area contributed by atoms with E-state index in [0.29, 0.717) is 13.1 Å². The second-order valence-electron chi connectivity index (χ2n) is 6.32. The molecule has 148 valence electrons. The third-order valence-electron chi connectivity index (χ3n) is 4.33. The number of aromatic nitrogens is 1. The van der Waals surface area contributed by atoms with E-state index in [4.69, 9.17) is 0 Å². The van der Waals surface area contributed by atoms with Gasteiger partial charge in [0, 0.05) is 25.5 Å². The molecule has 0 radical (unpaired) electrons. The lowest BCUT2D eigenvalue weighted by Gasteiger charge is -2.21. The summed E-state index contributed by atoms with van der Waals surface area (Å²) in [6, 6.07) is 14.2. The monoisotopic (exact) mass is 395 g/mol. The number of nitrogens with zero attached hydrogens (tertiary/aromatic N) is 2. The van der Waals surface area contributed by atoms with Crippen molar-refractivity contribution in [3.8, 4) is 0 Å². The third kappa shape index (κ3) is 4.82. The van der Waals surface area contributed by atoms with Gasteiger partial charge in [0.25, 0.3) is 11.8 Å². The van der Waals surface area contributed by atoms with E-state index in [0.717, 1.165) is 17.7 Å². The van der Waals surface area contributed by atoms with Crippen LogP contribution in [0.4, 0.5) is 14.5 Å². The van der Waals surface area contributed by atoms with Crippen molar-refractivity contribution in [2.24, 2.45) is 0 Å². The minimum atomic E-state index is -0.890. The van der Waals surface area contributed by atoms with Gasteiger partial charge in [-0.15, -0.1) is 0 Å². The van der Waals surface area contributed by atoms with E-state index in [9.17, 15) is 18.4 Å². The van der Waals surface area contributed by atoms with E-state index in [-0.39, 0.29) is 17.0 Å². The number of hydrogen-bond donors (Lipinski definition) is 1. The first-order valence-corrected chi connectivity index (χ1v) is 9.03. The molecule has 0 saturated carbocycles. The summed E-state index contributed by atoms with van der Waals surface area (Å²) in [5.74, 6) is -2.84. The van der Waals surface area contributed by atoms with Gasteiger partial charge in [0.1, 0.15) is 17.3 Å². The minimum absolute atomic E-state index is 0.0225. The van der Waals surface area contributed by atoms with Gasteiger partial charge < -0.3 is 10.2 Å². The fraction of sp³-hybridized carbons (Fsp3) is 0.136. The van der Waals surface area contributed by atoms with Crippen molar-refractivity contribution < 1.29 is 18.4 Å². The highest BCUT2D eigenvalue weighted by Crippen LogP contribution is 2.19. The molecule has 1 aromatic heterocycles. The molecule has 7 heteroatoms. The number of halogens is 2. The van der Waals surface area contributed by atoms with Crippen LogP contribution in [0.15, 0.2) is 67.0 Å². The lowest BCUT2D eigenvalue weighted by molar-refractivity contribution is 0.0752. The first kappa shape index (κ1) is 20.1. The van der Waals surface area contributed by atoms with Crippen LogP contribution >= 0.6 is 0 Å². The van der Waals surface area contributed by atoms with Crippen LogP contribution in [-0.2, 0) is 6.54 Å². The van der Waals surface area contributed by atoms with E-state index in [1.165, 1.54) is 24.5 Å². The quantitative estimate of drug-likeness (QED) is 0.678. The summed E-state index contributed by atoms with van der Waals surface area (Å²) in [6.07, 6.45) is 2.59. The molecule has 0 aliphatic heterocycles. The van der Waals surface area contributed by atoms with Gasteiger partial charge in [0.2, 0.25) is 0 Å². The number of pyridine rings is 1. The first-order valence-electron chi connectivity index (χ1n) is 9.03. The van der Waals surface area contributed by atoms with Crippen LogP contribution in [0.25, 0.3) is 0 Å². The van der Waals surface area contributed by atoms with Crippen molar-refractivity contribution in [3.05, 3.63) is 95.3 Å². The summed E-state index contributed by atoms with van der Waals surface area (Å²) < 4.78 is 27.5. The normalized spacial score (nSPS) is 10.4. The minimum Gasteiger partial charge on any atom is -0.335 e. The largest absolute Gasteiger partial charge is 0.335 e. The highest BCUT2D eigenvalue weighted by Gasteiger charge is 2.18. The van der Waals surface area contributed by atoms with Crippen LogP contribution in [0.3, 0.4) is 0 Å². The Kier molecular flexibility index (Phi) is 6.29. The van der Waals surface area contributed by atoms with Crippen LogP contribution in [0.5, 0.6) is 0 Å². The molecule has 0 fully saturated rings. The summed E-state index contributed by atoms with van der Waals surface area (Å²) >= 11 is 0. The fourth-order valence-corrected chi connectivity index (χ4v) is 2.80. The third-order valence-corrected chi connectivity index (χ3v) is 4.33. The van der Waals surface area contributed by atoms with Crippen LogP contribution in [0.1, 0.15) is 33.2 Å². The van der Waals surface area contributed by atoms with Gasteiger partial charge in [-0.1, -0.05) is 36.4 Å². The Morgan fingerprint density at radius 2 is 1.62 bits per heavy atom. The maximum atomic E-state index is 13.8. The topological polar surface area (TPSA) is 62.3 Å². The number of carbonyl (C=O) groups is 2. The molecule has 1 N–H and O–H groups in total. The maximum Gasteiger partial charge on any atom is 0.257 e. The van der Waals surface area contributed by atoms with E-state index >= 15 is 0 Å². The molecule has 2 amide bonds. The molecule has 0 unspecified atom stereocenters. The van der Waals surface area contributed by atoms with Crippen molar-refractivity contribution in [3.63, 3.8) is 0 Å². The van der Waals surface area contributed by atoms with Gasteiger partial charge in [-0.05, 0) is 30.7 Å². The Hall–Kier alpha value is -3.61. The number of hydrogen-bond acceptors (Lipinski definition) is 3. The average molecular weight is 395 g/mol. The second kappa shape index (κ2) is 9.05. The molecule has 3 aromatic rings. The Balaban J connectivity index is 1.79. The number of amides is 2. The Morgan fingerprint density at radius 1 is 0.966 bits per heavy atom. The maximum absolute atomic E-state index is 13.8. The van der Waals surface area contributed by atoms with Crippen molar-refractivity contribution in [1.29, 1.82) is 0 Å². The molecule has 0 atom stereocenters. The van der Waals surface area contributed by atoms with Crippen LogP contribution < -0.4 is 5.32 Å². The number of benzene rings is 2. The number of carbonyl (C=O) groups excluding carboxylic acids is 2. The smallest absolute Gasteiger partial charge is 0.257 e. The Bertz CT molecular complexity index is 1010. The molecule has 0 aliphatic carbocycles. The molecular weight excluding hydrogens is 376 g/mol. The van der Waals surface area contributed by atoms with Gasteiger partial charge in [-0.2, -0.15) is 0 Å². The van der Waals surface area contributed by atoms with Gasteiger partial charge in [0.05, 0.1) is 11.1 Å². The van der Waals surface area contributed by atoms with Gasteiger partial charge in [-0.3, -0.25) is 14.6 Å². The zero-order valence-electron chi connectivity index (χ0n) is 15.7. The predicted molar refractivity (Wildman–Crippen MR) is 105 cm³/mol. The molecule has 3 rings (SSSR count). The summed E-state index contributed by atoms with van der Waals surface area (Å²) in [5, 5.41) is 2.19. The van der Waals surface area contributed by atoms with E-state index < -0.39 is 23.2 Å². The summed E-state index contributed by atoms with van der Waals surface area (Å²) in [5.41, 5.74) is 0.659. The number of rotatable bonds is 6. The molecule has 0 spiro atoms.